The number of carbonyl (C=O) groups excluding carboxylic acids is 1. The maximum Gasteiger partial charge on any atom is 0.256 e. The van der Waals surface area contributed by atoms with Gasteiger partial charge in [0.2, 0.25) is 6.79 Å². The number of hydrogen-bond donors (Lipinski definition) is 2. The van der Waals surface area contributed by atoms with E-state index in [9.17, 15) is 4.79 Å². The van der Waals surface area contributed by atoms with E-state index in [0.717, 1.165) is 0 Å². The molecule has 96 valence electrons. The number of ether oxygens (including phenoxy) is 2. The number of aliphatic hydroxyl groups excluding tert-OH is 1. The van der Waals surface area contributed by atoms with E-state index >= 15 is 0 Å². The van der Waals surface area contributed by atoms with Gasteiger partial charge in [0.05, 0.1) is 5.56 Å². The van der Waals surface area contributed by atoms with Crippen molar-refractivity contribution in [1.82, 2.24) is 4.90 Å². The van der Waals surface area contributed by atoms with Crippen molar-refractivity contribution in [2.75, 3.05) is 32.2 Å². The van der Waals surface area contributed by atoms with Crippen LogP contribution in [0.15, 0.2) is 12.1 Å². The second-order valence-corrected chi connectivity index (χ2v) is 4.55. The van der Waals surface area contributed by atoms with Gasteiger partial charge in [0, 0.05) is 37.4 Å². The van der Waals surface area contributed by atoms with Crippen molar-refractivity contribution in [1.29, 1.82) is 0 Å². The molecule has 2 aliphatic heterocycles. The second kappa shape index (κ2) is 4.06. The van der Waals surface area contributed by atoms with Crippen LogP contribution in [0.25, 0.3) is 0 Å². The molecule has 0 atom stereocenters. The van der Waals surface area contributed by atoms with E-state index < -0.39 is 0 Å². The molecule has 0 spiro atoms. The molecular formula is C12H14N2O4. The predicted octanol–water partition coefficient (Wildman–Crippen LogP) is 0.0618. The lowest BCUT2D eigenvalue weighted by Gasteiger charge is -2.38. The molecule has 0 radical (unpaired) electrons. The molecule has 0 aromatic heterocycles. The average molecular weight is 250 g/mol. The molecule has 1 fully saturated rings. The third-order valence-corrected chi connectivity index (χ3v) is 3.28. The molecule has 3 rings (SSSR count). The Morgan fingerprint density at radius 1 is 1.39 bits per heavy atom. The fourth-order valence-electron chi connectivity index (χ4n) is 2.16. The molecular weight excluding hydrogens is 236 g/mol. The highest BCUT2D eigenvalue weighted by atomic mass is 16.7. The van der Waals surface area contributed by atoms with Gasteiger partial charge >= 0.3 is 0 Å². The van der Waals surface area contributed by atoms with Crippen molar-refractivity contribution < 1.29 is 19.4 Å². The summed E-state index contributed by atoms with van der Waals surface area (Å²) in [5.74, 6) is 1.17. The molecule has 0 aliphatic carbocycles. The van der Waals surface area contributed by atoms with Crippen LogP contribution >= 0.6 is 0 Å². The topological polar surface area (TPSA) is 85.0 Å². The van der Waals surface area contributed by atoms with Gasteiger partial charge < -0.3 is 25.2 Å². The van der Waals surface area contributed by atoms with Crippen molar-refractivity contribution in [2.24, 2.45) is 5.92 Å². The summed E-state index contributed by atoms with van der Waals surface area (Å²) in [4.78, 5) is 13.8. The maximum atomic E-state index is 12.2. The van der Waals surface area contributed by atoms with Crippen molar-refractivity contribution in [3.8, 4) is 11.5 Å². The summed E-state index contributed by atoms with van der Waals surface area (Å²) < 4.78 is 10.4. The van der Waals surface area contributed by atoms with Gasteiger partial charge in [-0.05, 0) is 6.07 Å². The van der Waals surface area contributed by atoms with Gasteiger partial charge in [-0.2, -0.15) is 0 Å². The van der Waals surface area contributed by atoms with Crippen LogP contribution in [0, 0.1) is 5.92 Å². The molecule has 6 nitrogen and oxygen atoms in total. The van der Waals surface area contributed by atoms with Crippen LogP contribution in [0.1, 0.15) is 10.4 Å². The van der Waals surface area contributed by atoms with Gasteiger partial charge in [-0.25, -0.2) is 0 Å². The fourth-order valence-corrected chi connectivity index (χ4v) is 2.16. The number of likely N-dealkylation sites (tertiary alicyclic amines) is 1. The number of hydrogen-bond acceptors (Lipinski definition) is 5. The number of nitrogen functional groups attached to an aromatic ring is 1. The minimum absolute atomic E-state index is 0.112. The Balaban J connectivity index is 1.82. The molecule has 2 heterocycles. The Labute approximate surface area is 104 Å². The van der Waals surface area contributed by atoms with Crippen molar-refractivity contribution >= 4 is 11.6 Å². The molecule has 1 saturated heterocycles. The van der Waals surface area contributed by atoms with Crippen molar-refractivity contribution in [3.63, 3.8) is 0 Å². The first-order valence-electron chi connectivity index (χ1n) is 5.78. The van der Waals surface area contributed by atoms with Gasteiger partial charge in [-0.1, -0.05) is 0 Å². The van der Waals surface area contributed by atoms with Gasteiger partial charge in [-0.15, -0.1) is 0 Å². The van der Waals surface area contributed by atoms with Crippen LogP contribution in [-0.4, -0.2) is 42.4 Å². The van der Waals surface area contributed by atoms with Gasteiger partial charge in [-0.3, -0.25) is 4.79 Å². The molecule has 1 aromatic carbocycles. The Morgan fingerprint density at radius 2 is 2.06 bits per heavy atom. The van der Waals surface area contributed by atoms with Crippen LogP contribution in [0.4, 0.5) is 5.69 Å². The van der Waals surface area contributed by atoms with Gasteiger partial charge in [0.15, 0.2) is 11.5 Å². The number of fused-ring (bicyclic) bond motifs is 1. The summed E-state index contributed by atoms with van der Waals surface area (Å²) in [6.07, 6.45) is 0. The van der Waals surface area contributed by atoms with E-state index in [0.29, 0.717) is 35.8 Å². The van der Waals surface area contributed by atoms with Crippen molar-refractivity contribution in [3.05, 3.63) is 17.7 Å². The summed E-state index contributed by atoms with van der Waals surface area (Å²) in [7, 11) is 0. The van der Waals surface area contributed by atoms with Crippen molar-refractivity contribution in [2.45, 2.75) is 0 Å². The van der Waals surface area contributed by atoms with E-state index in [4.69, 9.17) is 20.3 Å². The van der Waals surface area contributed by atoms with Crippen LogP contribution in [0.2, 0.25) is 0 Å². The highest BCUT2D eigenvalue weighted by molar-refractivity contribution is 6.00. The maximum absolute atomic E-state index is 12.2. The van der Waals surface area contributed by atoms with E-state index in [1.165, 1.54) is 0 Å². The zero-order chi connectivity index (χ0) is 12.7. The second-order valence-electron chi connectivity index (χ2n) is 4.55. The molecule has 18 heavy (non-hydrogen) atoms. The van der Waals surface area contributed by atoms with E-state index in [-0.39, 0.29) is 25.2 Å². The molecule has 0 unspecified atom stereocenters. The summed E-state index contributed by atoms with van der Waals surface area (Å²) in [5.41, 5.74) is 6.66. The number of anilines is 1. The first kappa shape index (κ1) is 11.2. The lowest BCUT2D eigenvalue weighted by atomic mass is 9.99. The zero-order valence-electron chi connectivity index (χ0n) is 9.76. The number of aliphatic hydroxyl groups is 1. The fraction of sp³-hybridized carbons (Fsp3) is 0.417. The average Bonchev–Trinajstić information content (AvgIpc) is 2.73. The number of benzene rings is 1. The van der Waals surface area contributed by atoms with Gasteiger partial charge in [0.1, 0.15) is 0 Å². The largest absolute Gasteiger partial charge is 0.454 e. The Morgan fingerprint density at radius 3 is 2.72 bits per heavy atom. The first-order chi connectivity index (χ1) is 8.69. The molecule has 1 amide bonds. The SMILES string of the molecule is Nc1cc2c(cc1C(=O)N1CC(CO)C1)OCO2. The Kier molecular flexibility index (Phi) is 2.52. The minimum atomic E-state index is -0.129. The lowest BCUT2D eigenvalue weighted by molar-refractivity contribution is 0.0362. The Bertz CT molecular complexity index is 497. The molecule has 2 aliphatic rings. The lowest BCUT2D eigenvalue weighted by Crippen LogP contribution is -2.51. The van der Waals surface area contributed by atoms with E-state index in [2.05, 4.69) is 0 Å². The summed E-state index contributed by atoms with van der Waals surface area (Å²) in [5, 5.41) is 8.94. The van der Waals surface area contributed by atoms with Crippen LogP contribution in [-0.2, 0) is 0 Å². The van der Waals surface area contributed by atoms with E-state index in [1.807, 2.05) is 0 Å². The first-order valence-corrected chi connectivity index (χ1v) is 5.78. The summed E-state index contributed by atoms with van der Waals surface area (Å²) >= 11 is 0. The molecule has 1 aromatic rings. The molecule has 0 saturated carbocycles. The third kappa shape index (κ3) is 1.65. The standard InChI is InChI=1S/C12H14N2O4/c13-9-2-11-10(17-6-18-11)1-8(9)12(16)14-3-7(4-14)5-15/h1-2,7,15H,3-6,13H2. The van der Waals surface area contributed by atoms with Crippen LogP contribution < -0.4 is 15.2 Å². The van der Waals surface area contributed by atoms with Crippen LogP contribution in [0.3, 0.4) is 0 Å². The highest BCUT2D eigenvalue weighted by Gasteiger charge is 2.32. The minimum Gasteiger partial charge on any atom is -0.454 e. The number of nitrogens with two attached hydrogens (primary N) is 1. The summed E-state index contributed by atoms with van der Waals surface area (Å²) in [6.45, 7) is 1.41. The van der Waals surface area contributed by atoms with Crippen LogP contribution in [0.5, 0.6) is 11.5 Å². The normalized spacial score (nSPS) is 17.7. The monoisotopic (exact) mass is 250 g/mol. The quantitative estimate of drug-likeness (QED) is 0.725. The summed E-state index contributed by atoms with van der Waals surface area (Å²) in [6, 6.07) is 3.23. The molecule has 6 heteroatoms. The van der Waals surface area contributed by atoms with Gasteiger partial charge in [0.25, 0.3) is 5.91 Å². The van der Waals surface area contributed by atoms with E-state index in [1.54, 1.807) is 17.0 Å². The number of nitrogens with zero attached hydrogens (tertiary/aromatic N) is 1. The number of carbonyl (C=O) groups is 1. The highest BCUT2D eigenvalue weighted by Crippen LogP contribution is 2.36. The number of amides is 1. The zero-order valence-corrected chi connectivity index (χ0v) is 9.76. The predicted molar refractivity (Wildman–Crippen MR) is 63.5 cm³/mol. The third-order valence-electron chi connectivity index (χ3n) is 3.28. The Hall–Kier alpha value is -1.95. The number of rotatable bonds is 2. The molecule has 3 N–H and O–H groups in total. The smallest absolute Gasteiger partial charge is 0.256 e. The molecule has 0 bridgehead atoms.